The molecule has 1 heterocycles. The topological polar surface area (TPSA) is 99.9 Å². The fourth-order valence-electron chi connectivity index (χ4n) is 1.58. The second-order valence-electron chi connectivity index (χ2n) is 3.99. The normalized spacial score (nSPS) is 10.8. The van der Waals surface area contributed by atoms with Gasteiger partial charge in [-0.15, -0.1) is 10.2 Å². The molecule has 0 fully saturated rings. The number of halogens is 1. The van der Waals surface area contributed by atoms with Gasteiger partial charge in [0, 0.05) is 18.9 Å². The molecule has 0 saturated heterocycles. The lowest BCUT2D eigenvalue weighted by Gasteiger charge is -2.03. The highest BCUT2D eigenvalue weighted by atomic mass is 32.2. The van der Waals surface area contributed by atoms with E-state index in [2.05, 4.69) is 10.2 Å². The summed E-state index contributed by atoms with van der Waals surface area (Å²) < 4.78 is 15.2. The largest absolute Gasteiger partial charge is 0.324 e. The van der Waals surface area contributed by atoms with Gasteiger partial charge < -0.3 is 10.3 Å². The van der Waals surface area contributed by atoms with Crippen molar-refractivity contribution in [2.75, 3.05) is 0 Å². The van der Waals surface area contributed by atoms with Crippen molar-refractivity contribution in [3.05, 3.63) is 45.5 Å². The van der Waals surface area contributed by atoms with Gasteiger partial charge in [-0.3, -0.25) is 10.1 Å². The third kappa shape index (κ3) is 2.94. The number of nitro groups is 1. The van der Waals surface area contributed by atoms with E-state index in [1.54, 1.807) is 11.6 Å². The van der Waals surface area contributed by atoms with Gasteiger partial charge >= 0.3 is 5.69 Å². The van der Waals surface area contributed by atoms with Gasteiger partial charge in [-0.1, -0.05) is 17.8 Å². The average molecular weight is 297 g/mol. The summed E-state index contributed by atoms with van der Waals surface area (Å²) in [4.78, 5) is 9.77. The van der Waals surface area contributed by atoms with Crippen molar-refractivity contribution in [2.24, 2.45) is 12.8 Å². The second kappa shape index (κ2) is 5.97. The summed E-state index contributed by atoms with van der Waals surface area (Å²) in [5.41, 5.74) is 5.60. The molecule has 20 heavy (non-hydrogen) atoms. The van der Waals surface area contributed by atoms with E-state index in [1.807, 2.05) is 0 Å². The molecule has 0 spiro atoms. The molecule has 0 aliphatic heterocycles. The highest BCUT2D eigenvalue weighted by Gasteiger charge is 2.14. The SMILES string of the molecule is Cn1c(CN)nnc1SCc1ccc([N+](=O)[O-])c(F)c1. The summed E-state index contributed by atoms with van der Waals surface area (Å²) in [7, 11) is 1.79. The summed E-state index contributed by atoms with van der Waals surface area (Å²) in [5, 5.41) is 19.0. The first kappa shape index (κ1) is 14.4. The molecule has 0 amide bonds. The minimum absolute atomic E-state index is 0.288. The number of nitrogens with two attached hydrogens (primary N) is 1. The van der Waals surface area contributed by atoms with Crippen molar-refractivity contribution in [3.8, 4) is 0 Å². The Hall–Kier alpha value is -2.00. The summed E-state index contributed by atoms with van der Waals surface area (Å²) in [6.45, 7) is 0.288. The van der Waals surface area contributed by atoms with Crippen LogP contribution in [0.2, 0.25) is 0 Å². The Kier molecular flexibility index (Phi) is 4.30. The average Bonchev–Trinajstić information content (AvgIpc) is 2.76. The predicted octanol–water partition coefficient (Wildman–Crippen LogP) is 1.61. The number of nitrogens with zero attached hydrogens (tertiary/aromatic N) is 4. The Morgan fingerprint density at radius 3 is 2.80 bits per heavy atom. The Balaban J connectivity index is 2.09. The van der Waals surface area contributed by atoms with E-state index in [4.69, 9.17) is 5.73 Å². The first-order chi connectivity index (χ1) is 9.52. The molecule has 2 N–H and O–H groups in total. The molecule has 7 nitrogen and oxygen atoms in total. The van der Waals surface area contributed by atoms with Crippen molar-refractivity contribution >= 4 is 17.4 Å². The molecule has 0 unspecified atom stereocenters. The summed E-state index contributed by atoms with van der Waals surface area (Å²) in [6.07, 6.45) is 0. The van der Waals surface area contributed by atoms with E-state index in [-0.39, 0.29) is 6.54 Å². The van der Waals surface area contributed by atoms with Crippen LogP contribution in [0.1, 0.15) is 11.4 Å². The predicted molar refractivity (Wildman–Crippen MR) is 71.5 cm³/mol. The highest BCUT2D eigenvalue weighted by molar-refractivity contribution is 7.98. The molecular formula is C11H12FN5O2S. The smallest absolute Gasteiger partial charge is 0.304 e. The minimum Gasteiger partial charge on any atom is -0.324 e. The zero-order valence-electron chi connectivity index (χ0n) is 10.6. The van der Waals surface area contributed by atoms with Gasteiger partial charge in [-0.2, -0.15) is 4.39 Å². The molecule has 9 heteroatoms. The molecule has 0 aliphatic rings. The lowest BCUT2D eigenvalue weighted by atomic mass is 10.2. The molecule has 0 bridgehead atoms. The standard InChI is InChI=1S/C11H12FN5O2S/c1-16-10(5-13)14-15-11(16)20-6-7-2-3-9(17(18)19)8(12)4-7/h2-4H,5-6,13H2,1H3. The van der Waals surface area contributed by atoms with Crippen LogP contribution in [0.15, 0.2) is 23.4 Å². The zero-order valence-corrected chi connectivity index (χ0v) is 11.4. The highest BCUT2D eigenvalue weighted by Crippen LogP contribution is 2.24. The van der Waals surface area contributed by atoms with Gasteiger partial charge in [0.15, 0.2) is 5.16 Å². The summed E-state index contributed by atoms with van der Waals surface area (Å²) in [6, 6.07) is 3.84. The molecule has 106 valence electrons. The molecule has 2 aromatic rings. The number of nitro benzene ring substituents is 1. The Bertz CT molecular complexity index is 646. The first-order valence-electron chi connectivity index (χ1n) is 5.67. The molecule has 1 aromatic heterocycles. The quantitative estimate of drug-likeness (QED) is 0.511. The fraction of sp³-hybridized carbons (Fsp3) is 0.273. The van der Waals surface area contributed by atoms with E-state index in [0.29, 0.717) is 22.3 Å². The van der Waals surface area contributed by atoms with E-state index >= 15 is 0 Å². The van der Waals surface area contributed by atoms with E-state index in [9.17, 15) is 14.5 Å². The van der Waals surface area contributed by atoms with Crippen molar-refractivity contribution in [2.45, 2.75) is 17.5 Å². The molecule has 0 radical (unpaired) electrons. The molecule has 1 aromatic carbocycles. The lowest BCUT2D eigenvalue weighted by molar-refractivity contribution is -0.387. The Morgan fingerprint density at radius 2 is 2.25 bits per heavy atom. The van der Waals surface area contributed by atoms with Crippen LogP contribution in [0.4, 0.5) is 10.1 Å². The monoisotopic (exact) mass is 297 g/mol. The van der Waals surface area contributed by atoms with Gasteiger partial charge in [-0.25, -0.2) is 0 Å². The number of rotatable bonds is 5. The molecular weight excluding hydrogens is 285 g/mol. The van der Waals surface area contributed by atoms with Crippen LogP contribution >= 0.6 is 11.8 Å². The third-order valence-corrected chi connectivity index (χ3v) is 3.78. The van der Waals surface area contributed by atoms with Crippen molar-refractivity contribution in [1.29, 1.82) is 0 Å². The Labute approximate surface area is 118 Å². The molecule has 0 saturated carbocycles. The lowest BCUT2D eigenvalue weighted by Crippen LogP contribution is -2.05. The van der Waals surface area contributed by atoms with Crippen LogP contribution in [0, 0.1) is 15.9 Å². The molecule has 0 aliphatic carbocycles. The van der Waals surface area contributed by atoms with Crippen LogP contribution in [0.3, 0.4) is 0 Å². The van der Waals surface area contributed by atoms with Crippen LogP contribution in [-0.2, 0) is 19.3 Å². The second-order valence-corrected chi connectivity index (χ2v) is 4.94. The van der Waals surface area contributed by atoms with Gasteiger partial charge in [0.2, 0.25) is 5.82 Å². The first-order valence-corrected chi connectivity index (χ1v) is 6.65. The zero-order chi connectivity index (χ0) is 14.7. The number of hydrogen-bond acceptors (Lipinski definition) is 6. The van der Waals surface area contributed by atoms with Crippen LogP contribution in [0.25, 0.3) is 0 Å². The minimum atomic E-state index is -0.839. The van der Waals surface area contributed by atoms with Crippen molar-refractivity contribution in [1.82, 2.24) is 14.8 Å². The maximum Gasteiger partial charge on any atom is 0.304 e. The fourth-order valence-corrected chi connectivity index (χ4v) is 2.46. The van der Waals surface area contributed by atoms with Crippen LogP contribution in [-0.4, -0.2) is 19.7 Å². The number of aromatic nitrogens is 3. The maximum atomic E-state index is 13.5. The van der Waals surface area contributed by atoms with E-state index < -0.39 is 16.4 Å². The number of hydrogen-bond donors (Lipinski definition) is 1. The van der Waals surface area contributed by atoms with Crippen LogP contribution < -0.4 is 5.73 Å². The number of thioether (sulfide) groups is 1. The Morgan fingerprint density at radius 1 is 1.50 bits per heavy atom. The van der Waals surface area contributed by atoms with Gasteiger partial charge in [-0.05, 0) is 11.6 Å². The maximum absolute atomic E-state index is 13.5. The van der Waals surface area contributed by atoms with Crippen molar-refractivity contribution in [3.63, 3.8) is 0 Å². The third-order valence-electron chi connectivity index (χ3n) is 2.68. The van der Waals surface area contributed by atoms with Crippen molar-refractivity contribution < 1.29 is 9.31 Å². The van der Waals surface area contributed by atoms with Gasteiger partial charge in [0.1, 0.15) is 5.82 Å². The summed E-state index contributed by atoms with van der Waals surface area (Å²) in [5.74, 6) is 0.252. The van der Waals surface area contributed by atoms with E-state index in [1.165, 1.54) is 17.8 Å². The summed E-state index contributed by atoms with van der Waals surface area (Å²) >= 11 is 1.36. The van der Waals surface area contributed by atoms with Gasteiger partial charge in [0.25, 0.3) is 0 Å². The van der Waals surface area contributed by atoms with Gasteiger partial charge in [0.05, 0.1) is 11.5 Å². The van der Waals surface area contributed by atoms with E-state index in [0.717, 1.165) is 12.1 Å². The molecule has 2 rings (SSSR count). The molecule has 0 atom stereocenters. The number of benzene rings is 1. The van der Waals surface area contributed by atoms with Crippen LogP contribution in [0.5, 0.6) is 0 Å².